The number of hydrogen-bond acceptors (Lipinski definition) is 4. The number of benzene rings is 2. The first kappa shape index (κ1) is 18.3. The Labute approximate surface area is 172 Å². The number of rotatable bonds is 5. The number of carboxylic acid groups (broad SMARTS) is 1. The van der Waals surface area contributed by atoms with E-state index in [0.29, 0.717) is 17.5 Å². The summed E-state index contributed by atoms with van der Waals surface area (Å²) in [6.45, 7) is 2.02. The van der Waals surface area contributed by atoms with E-state index in [9.17, 15) is 15.2 Å². The van der Waals surface area contributed by atoms with Gasteiger partial charge in [0.1, 0.15) is 5.75 Å². The van der Waals surface area contributed by atoms with Crippen LogP contribution >= 0.6 is 0 Å². The molecule has 1 saturated carbocycles. The molecule has 150 valence electrons. The maximum Gasteiger partial charge on any atom is 0.306 e. The molecule has 7 nitrogen and oxygen atoms in total. The molecule has 2 N–H and O–H groups in total. The third-order valence-corrected chi connectivity index (χ3v) is 6.06. The number of hydrogen-bond donors (Lipinski definition) is 2. The standard InChI is InChI=1S/C23H20N4O3/c1-12-7-19(30-2)20(15-5-6-25-21(12)15)22(16-9-17(16)23(28)29)27-11-14-4-3-13(10-24)8-18(14)26-27/h3-8,11,16-17,22,25H,9H2,1-2H3,(H,28,29)/t16-,17-,22+/m0/s1. The number of nitrogens with one attached hydrogen (secondary N) is 1. The Bertz CT molecular complexity index is 1340. The molecule has 2 heterocycles. The molecule has 0 radical (unpaired) electrons. The molecule has 5 rings (SSSR count). The molecule has 0 aliphatic heterocycles. The summed E-state index contributed by atoms with van der Waals surface area (Å²) in [6, 6.07) is 11.2. The Balaban J connectivity index is 1.75. The van der Waals surface area contributed by atoms with Crippen LogP contribution in [0.2, 0.25) is 0 Å². The number of aromatic amines is 1. The van der Waals surface area contributed by atoms with E-state index in [2.05, 4.69) is 11.1 Å². The van der Waals surface area contributed by atoms with Crippen molar-refractivity contribution in [2.45, 2.75) is 19.4 Å². The van der Waals surface area contributed by atoms with Crippen molar-refractivity contribution in [1.29, 1.82) is 5.26 Å². The van der Waals surface area contributed by atoms with Gasteiger partial charge in [-0.15, -0.1) is 0 Å². The number of aliphatic carboxylic acids is 1. The summed E-state index contributed by atoms with van der Waals surface area (Å²) < 4.78 is 7.59. The monoisotopic (exact) mass is 400 g/mol. The van der Waals surface area contributed by atoms with Gasteiger partial charge in [0.15, 0.2) is 0 Å². The molecule has 1 aliphatic carbocycles. The third-order valence-electron chi connectivity index (χ3n) is 6.06. The zero-order valence-corrected chi connectivity index (χ0v) is 16.6. The van der Waals surface area contributed by atoms with Gasteiger partial charge in [-0.05, 0) is 55.2 Å². The average molecular weight is 400 g/mol. The van der Waals surface area contributed by atoms with E-state index in [-0.39, 0.29) is 12.0 Å². The molecule has 1 fully saturated rings. The minimum atomic E-state index is -0.787. The Morgan fingerprint density at radius 1 is 1.40 bits per heavy atom. The van der Waals surface area contributed by atoms with Gasteiger partial charge >= 0.3 is 5.97 Å². The first-order chi connectivity index (χ1) is 14.5. The second-order valence-corrected chi connectivity index (χ2v) is 7.86. The van der Waals surface area contributed by atoms with Crippen molar-refractivity contribution in [2.24, 2.45) is 11.8 Å². The smallest absolute Gasteiger partial charge is 0.306 e. The highest BCUT2D eigenvalue weighted by atomic mass is 16.5. The topological polar surface area (TPSA) is 104 Å². The van der Waals surface area contributed by atoms with E-state index in [1.165, 1.54) is 0 Å². The molecule has 0 bridgehead atoms. The lowest BCUT2D eigenvalue weighted by Crippen LogP contribution is -2.18. The molecule has 0 amide bonds. The average Bonchev–Trinajstić information content (AvgIpc) is 3.18. The fourth-order valence-corrected chi connectivity index (χ4v) is 4.51. The van der Waals surface area contributed by atoms with Crippen LogP contribution in [-0.4, -0.2) is 33.0 Å². The van der Waals surface area contributed by atoms with Crippen molar-refractivity contribution < 1.29 is 14.6 Å². The molecule has 0 saturated heterocycles. The van der Waals surface area contributed by atoms with Gasteiger partial charge in [-0.2, -0.15) is 10.4 Å². The summed E-state index contributed by atoms with van der Waals surface area (Å²) in [5.74, 6) is -0.582. The van der Waals surface area contributed by atoms with Gasteiger partial charge in [0.2, 0.25) is 0 Å². The molecular formula is C23H20N4O3. The number of aryl methyl sites for hydroxylation is 1. The minimum Gasteiger partial charge on any atom is -0.496 e. The molecule has 7 heteroatoms. The number of ether oxygens (including phenoxy) is 1. The predicted molar refractivity (Wildman–Crippen MR) is 111 cm³/mol. The van der Waals surface area contributed by atoms with Gasteiger partial charge in [0, 0.05) is 34.2 Å². The maximum atomic E-state index is 11.7. The Kier molecular flexibility index (Phi) is 4.03. The Morgan fingerprint density at radius 3 is 2.93 bits per heavy atom. The zero-order valence-electron chi connectivity index (χ0n) is 16.6. The highest BCUT2D eigenvalue weighted by molar-refractivity contribution is 5.89. The van der Waals surface area contributed by atoms with Crippen LogP contribution in [0.4, 0.5) is 0 Å². The number of carboxylic acids is 1. The van der Waals surface area contributed by atoms with Crippen LogP contribution in [-0.2, 0) is 4.79 Å². The summed E-state index contributed by atoms with van der Waals surface area (Å²) in [5, 5.41) is 25.5. The SMILES string of the molecule is COc1cc(C)c2[nH]ccc2c1[C@@H]([C@H]1C[C@@H]1C(=O)O)n1cc2ccc(C#N)cc2n1. The van der Waals surface area contributed by atoms with Crippen LogP contribution in [0, 0.1) is 30.1 Å². The van der Waals surface area contributed by atoms with E-state index in [1.54, 1.807) is 19.2 Å². The summed E-state index contributed by atoms with van der Waals surface area (Å²) in [6.07, 6.45) is 4.40. The van der Waals surface area contributed by atoms with Gasteiger partial charge in [-0.3, -0.25) is 9.48 Å². The lowest BCUT2D eigenvalue weighted by molar-refractivity contribution is -0.138. The second-order valence-electron chi connectivity index (χ2n) is 7.86. The largest absolute Gasteiger partial charge is 0.496 e. The lowest BCUT2D eigenvalue weighted by Gasteiger charge is -2.22. The van der Waals surface area contributed by atoms with Gasteiger partial charge in [0.05, 0.1) is 36.2 Å². The van der Waals surface area contributed by atoms with Crippen molar-refractivity contribution in [2.75, 3.05) is 7.11 Å². The molecule has 4 aromatic rings. The Hall–Kier alpha value is -3.79. The second kappa shape index (κ2) is 6.63. The van der Waals surface area contributed by atoms with Crippen molar-refractivity contribution in [1.82, 2.24) is 14.8 Å². The first-order valence-corrected chi connectivity index (χ1v) is 9.78. The number of H-pyrrole nitrogens is 1. The summed E-state index contributed by atoms with van der Waals surface area (Å²) >= 11 is 0. The number of methoxy groups -OCH3 is 1. The number of nitriles is 1. The van der Waals surface area contributed by atoms with Crippen LogP contribution in [0.3, 0.4) is 0 Å². The van der Waals surface area contributed by atoms with E-state index in [1.807, 2.05) is 42.2 Å². The molecule has 2 aromatic carbocycles. The third kappa shape index (κ3) is 2.72. The molecule has 3 atom stereocenters. The number of carbonyl (C=O) groups is 1. The van der Waals surface area contributed by atoms with Crippen molar-refractivity contribution in [3.8, 4) is 11.8 Å². The highest BCUT2D eigenvalue weighted by Crippen LogP contribution is 2.52. The van der Waals surface area contributed by atoms with Gasteiger partial charge in [-0.25, -0.2) is 0 Å². The molecule has 2 aromatic heterocycles. The number of aromatic nitrogens is 3. The maximum absolute atomic E-state index is 11.7. The molecule has 0 unspecified atom stereocenters. The summed E-state index contributed by atoms with van der Waals surface area (Å²) in [4.78, 5) is 15.0. The Morgan fingerprint density at radius 2 is 2.23 bits per heavy atom. The fraction of sp³-hybridized carbons (Fsp3) is 0.261. The van der Waals surface area contributed by atoms with Crippen LogP contribution in [0.25, 0.3) is 21.8 Å². The van der Waals surface area contributed by atoms with Gasteiger partial charge < -0.3 is 14.8 Å². The lowest BCUT2D eigenvalue weighted by atomic mass is 9.94. The molecular weight excluding hydrogens is 380 g/mol. The van der Waals surface area contributed by atoms with Crippen LogP contribution in [0.15, 0.2) is 42.7 Å². The predicted octanol–water partition coefficient (Wildman–Crippen LogP) is 4.02. The highest BCUT2D eigenvalue weighted by Gasteiger charge is 2.50. The molecule has 30 heavy (non-hydrogen) atoms. The number of fused-ring (bicyclic) bond motifs is 2. The zero-order chi connectivity index (χ0) is 21.0. The van der Waals surface area contributed by atoms with E-state index in [0.717, 1.165) is 33.2 Å². The van der Waals surface area contributed by atoms with Gasteiger partial charge in [0.25, 0.3) is 0 Å². The van der Waals surface area contributed by atoms with Crippen LogP contribution < -0.4 is 4.74 Å². The first-order valence-electron chi connectivity index (χ1n) is 9.78. The van der Waals surface area contributed by atoms with Crippen molar-refractivity contribution in [3.05, 3.63) is 59.4 Å². The quantitative estimate of drug-likeness (QED) is 0.527. The summed E-state index contributed by atoms with van der Waals surface area (Å²) in [7, 11) is 1.63. The van der Waals surface area contributed by atoms with Crippen molar-refractivity contribution in [3.63, 3.8) is 0 Å². The van der Waals surface area contributed by atoms with Crippen LogP contribution in [0.5, 0.6) is 5.75 Å². The van der Waals surface area contributed by atoms with Crippen molar-refractivity contribution >= 4 is 27.8 Å². The normalized spacial score (nSPS) is 19.0. The minimum absolute atomic E-state index is 0.0954. The van der Waals surface area contributed by atoms with E-state index >= 15 is 0 Å². The summed E-state index contributed by atoms with van der Waals surface area (Å²) in [5.41, 5.74) is 4.25. The molecule has 1 aliphatic rings. The molecule has 0 spiro atoms. The number of nitrogens with zero attached hydrogens (tertiary/aromatic N) is 3. The van der Waals surface area contributed by atoms with E-state index < -0.39 is 11.9 Å². The van der Waals surface area contributed by atoms with E-state index in [4.69, 9.17) is 9.84 Å². The van der Waals surface area contributed by atoms with Crippen LogP contribution in [0.1, 0.15) is 29.2 Å². The fourth-order valence-electron chi connectivity index (χ4n) is 4.51. The van der Waals surface area contributed by atoms with Gasteiger partial charge in [-0.1, -0.05) is 0 Å².